The van der Waals surface area contributed by atoms with E-state index in [4.69, 9.17) is 9.57 Å². The predicted molar refractivity (Wildman–Crippen MR) is 160 cm³/mol. The van der Waals surface area contributed by atoms with E-state index >= 15 is 0 Å². The van der Waals surface area contributed by atoms with Crippen molar-refractivity contribution in [3.63, 3.8) is 0 Å². The molecule has 0 aromatic rings. The zero-order chi connectivity index (χ0) is 30.9. The van der Waals surface area contributed by atoms with Gasteiger partial charge in [-0.15, -0.1) is 5.06 Å². The Kier molecular flexibility index (Phi) is 12.8. The number of imide groups is 1. The largest absolute Gasteiger partial charge is 0.459 e. The summed E-state index contributed by atoms with van der Waals surface area (Å²) in [6.07, 6.45) is 2.96. The molecule has 0 aliphatic carbocycles. The molecule has 3 unspecified atom stereocenters. The van der Waals surface area contributed by atoms with Gasteiger partial charge in [-0.05, 0) is 71.0 Å². The molecule has 3 aliphatic rings. The molecular formula is C31H55N5O6. The van der Waals surface area contributed by atoms with Crippen molar-refractivity contribution in [2.24, 2.45) is 11.3 Å². The Balaban J connectivity index is 1.71. The Bertz CT molecular complexity index is 914. The van der Waals surface area contributed by atoms with Gasteiger partial charge in [0.05, 0.1) is 6.54 Å². The van der Waals surface area contributed by atoms with E-state index in [0.717, 1.165) is 84.8 Å². The van der Waals surface area contributed by atoms with Crippen LogP contribution in [0.5, 0.6) is 0 Å². The molecule has 0 N–H and O–H groups in total. The van der Waals surface area contributed by atoms with Crippen LogP contribution in [-0.2, 0) is 28.8 Å². The summed E-state index contributed by atoms with van der Waals surface area (Å²) in [6.45, 7) is 22.9. The van der Waals surface area contributed by atoms with Crippen molar-refractivity contribution in [2.45, 2.75) is 85.7 Å². The summed E-state index contributed by atoms with van der Waals surface area (Å²) in [5.41, 5.74) is -0.284. The molecule has 2 amide bonds. The van der Waals surface area contributed by atoms with Crippen LogP contribution in [-0.4, -0.2) is 133 Å². The van der Waals surface area contributed by atoms with Gasteiger partial charge in [0, 0.05) is 71.6 Å². The van der Waals surface area contributed by atoms with Crippen molar-refractivity contribution in [3.05, 3.63) is 0 Å². The molecule has 3 saturated heterocycles. The smallest absolute Gasteiger partial charge is 0.333 e. The van der Waals surface area contributed by atoms with Crippen LogP contribution in [0, 0.1) is 11.3 Å². The Hall–Kier alpha value is -2.08. The zero-order valence-corrected chi connectivity index (χ0v) is 27.0. The normalized spacial score (nSPS) is 26.1. The van der Waals surface area contributed by atoms with E-state index in [1.165, 1.54) is 0 Å². The zero-order valence-electron chi connectivity index (χ0n) is 27.0. The molecule has 3 aliphatic heterocycles. The molecule has 0 saturated carbocycles. The van der Waals surface area contributed by atoms with Gasteiger partial charge in [-0.2, -0.15) is 0 Å². The number of hydroxylamine groups is 2. The fourth-order valence-electron chi connectivity index (χ4n) is 6.06. The van der Waals surface area contributed by atoms with Gasteiger partial charge in [0.15, 0.2) is 0 Å². The lowest BCUT2D eigenvalue weighted by Gasteiger charge is -2.33. The van der Waals surface area contributed by atoms with Gasteiger partial charge in [-0.3, -0.25) is 19.3 Å². The first-order valence-electron chi connectivity index (χ1n) is 15.8. The molecule has 3 heterocycles. The Morgan fingerprint density at radius 2 is 1.29 bits per heavy atom. The van der Waals surface area contributed by atoms with Gasteiger partial charge in [-0.1, -0.05) is 20.8 Å². The first-order chi connectivity index (χ1) is 19.7. The molecule has 3 atom stereocenters. The molecule has 240 valence electrons. The third-order valence-corrected chi connectivity index (χ3v) is 7.82. The third-order valence-electron chi connectivity index (χ3n) is 7.82. The molecular weight excluding hydrogens is 538 g/mol. The Labute approximate surface area is 252 Å². The van der Waals surface area contributed by atoms with Crippen molar-refractivity contribution in [2.75, 3.05) is 78.5 Å². The molecule has 0 spiro atoms. The van der Waals surface area contributed by atoms with Crippen LogP contribution in [0.3, 0.4) is 0 Å². The number of fused-ring (bicyclic) bond motifs is 4. The maximum atomic E-state index is 12.7. The summed E-state index contributed by atoms with van der Waals surface area (Å²) in [5, 5.41) is 0.643. The van der Waals surface area contributed by atoms with E-state index in [1.807, 2.05) is 20.8 Å². The summed E-state index contributed by atoms with van der Waals surface area (Å²) in [6, 6.07) is 0. The first-order valence-corrected chi connectivity index (χ1v) is 15.8. The van der Waals surface area contributed by atoms with Crippen LogP contribution < -0.4 is 0 Å². The molecule has 2 bridgehead atoms. The summed E-state index contributed by atoms with van der Waals surface area (Å²) < 4.78 is 5.62. The number of carbonyl (C=O) groups excluding carboxylic acids is 4. The lowest BCUT2D eigenvalue weighted by Crippen LogP contribution is -2.43. The average molecular weight is 594 g/mol. The van der Waals surface area contributed by atoms with Gasteiger partial charge >= 0.3 is 11.9 Å². The standard InChI is InChI=1S/C31H55N5O6/c1-30(2,3)24-35-16-8-14-32-17-18-34(23-29(40)41-31(4,5)6)15-7-13-33(19-20-35)22-25(21-32)9-12-28(39)42-36-26(37)10-11-27(36)38/h25H,7-24H2,1-6H3. The topological polar surface area (TPSA) is 103 Å². The van der Waals surface area contributed by atoms with Crippen molar-refractivity contribution < 1.29 is 28.8 Å². The van der Waals surface area contributed by atoms with Crippen LogP contribution in [0.15, 0.2) is 0 Å². The fourth-order valence-corrected chi connectivity index (χ4v) is 6.06. The monoisotopic (exact) mass is 593 g/mol. The van der Waals surface area contributed by atoms with Gasteiger partial charge in [0.2, 0.25) is 0 Å². The molecule has 0 aromatic carbocycles. The molecule has 3 rings (SSSR count). The number of esters is 1. The molecule has 11 nitrogen and oxygen atoms in total. The van der Waals surface area contributed by atoms with Gasteiger partial charge in [0.1, 0.15) is 5.60 Å². The number of ether oxygens (including phenoxy) is 1. The Morgan fingerprint density at radius 1 is 0.738 bits per heavy atom. The number of amides is 2. The number of carbonyl (C=O) groups is 4. The van der Waals surface area contributed by atoms with Crippen LogP contribution in [0.1, 0.15) is 80.1 Å². The molecule has 11 heteroatoms. The summed E-state index contributed by atoms with van der Waals surface area (Å²) in [4.78, 5) is 64.1. The van der Waals surface area contributed by atoms with Gasteiger partial charge < -0.3 is 24.3 Å². The molecule has 3 fully saturated rings. The summed E-state index contributed by atoms with van der Waals surface area (Å²) in [5.74, 6) is -1.39. The van der Waals surface area contributed by atoms with Crippen molar-refractivity contribution in [1.29, 1.82) is 0 Å². The third kappa shape index (κ3) is 12.7. The van der Waals surface area contributed by atoms with Gasteiger partial charge in [0.25, 0.3) is 11.8 Å². The van der Waals surface area contributed by atoms with E-state index < -0.39 is 23.4 Å². The van der Waals surface area contributed by atoms with Crippen molar-refractivity contribution in [1.82, 2.24) is 24.7 Å². The lowest BCUT2D eigenvalue weighted by molar-refractivity contribution is -0.197. The highest BCUT2D eigenvalue weighted by molar-refractivity contribution is 6.01. The van der Waals surface area contributed by atoms with Crippen molar-refractivity contribution >= 4 is 23.8 Å². The fraction of sp³-hybridized carbons (Fsp3) is 0.871. The second-order valence-corrected chi connectivity index (χ2v) is 14.5. The maximum absolute atomic E-state index is 12.7. The predicted octanol–water partition coefficient (Wildman–Crippen LogP) is 2.39. The highest BCUT2D eigenvalue weighted by atomic mass is 16.7. The maximum Gasteiger partial charge on any atom is 0.333 e. The minimum Gasteiger partial charge on any atom is -0.459 e. The SMILES string of the molecule is CC(C)(C)CN1CCCN2CCN(CC(=O)OC(C)(C)C)CCCN(CC1)CC(CCC(=O)ON1C(=O)CCC1=O)C2. The van der Waals surface area contributed by atoms with E-state index in [-0.39, 0.29) is 43.1 Å². The molecule has 42 heavy (non-hydrogen) atoms. The van der Waals surface area contributed by atoms with E-state index in [0.29, 0.717) is 11.5 Å². The van der Waals surface area contributed by atoms with E-state index in [9.17, 15) is 19.2 Å². The average Bonchev–Trinajstić information content (AvgIpc) is 3.14. The number of hydrogen-bond acceptors (Lipinski definition) is 10. The second kappa shape index (κ2) is 15.6. The van der Waals surface area contributed by atoms with E-state index in [2.05, 4.69) is 40.4 Å². The van der Waals surface area contributed by atoms with Crippen LogP contribution >= 0.6 is 0 Å². The number of rotatable bonds is 7. The second-order valence-electron chi connectivity index (χ2n) is 14.5. The quantitative estimate of drug-likeness (QED) is 0.323. The van der Waals surface area contributed by atoms with Crippen molar-refractivity contribution in [3.8, 4) is 0 Å². The van der Waals surface area contributed by atoms with Gasteiger partial charge in [-0.25, -0.2) is 4.79 Å². The lowest BCUT2D eigenvalue weighted by atomic mass is 9.96. The summed E-state index contributed by atoms with van der Waals surface area (Å²) >= 11 is 0. The minimum atomic E-state index is -0.532. The van der Waals surface area contributed by atoms with E-state index in [1.54, 1.807) is 0 Å². The first kappa shape index (κ1) is 34.4. The number of nitrogens with zero attached hydrogens (tertiary/aromatic N) is 5. The van der Waals surface area contributed by atoms with Crippen LogP contribution in [0.25, 0.3) is 0 Å². The molecule has 0 radical (unpaired) electrons. The highest BCUT2D eigenvalue weighted by Gasteiger charge is 2.33. The Morgan fingerprint density at radius 3 is 1.83 bits per heavy atom. The minimum absolute atomic E-state index is 0.0931. The highest BCUT2D eigenvalue weighted by Crippen LogP contribution is 2.20. The molecule has 0 aromatic heterocycles. The summed E-state index contributed by atoms with van der Waals surface area (Å²) in [7, 11) is 0. The number of hydrogen-bond donors (Lipinski definition) is 0. The van der Waals surface area contributed by atoms with Crippen LogP contribution in [0.2, 0.25) is 0 Å². The van der Waals surface area contributed by atoms with Crippen LogP contribution in [0.4, 0.5) is 0 Å².